The quantitative estimate of drug-likeness (QED) is 0.275. The fourth-order valence-electron chi connectivity index (χ4n) is 2.64. The summed E-state index contributed by atoms with van der Waals surface area (Å²) in [6, 6.07) is 17.8. The van der Waals surface area contributed by atoms with Crippen molar-refractivity contribution < 1.29 is 17.9 Å². The minimum Gasteiger partial charge on any atom is -0.406 e. The second-order valence-corrected chi connectivity index (χ2v) is 6.38. The van der Waals surface area contributed by atoms with E-state index in [1.54, 1.807) is 22.9 Å². The van der Waals surface area contributed by atoms with E-state index >= 15 is 0 Å². The molecule has 0 aliphatic carbocycles. The van der Waals surface area contributed by atoms with Gasteiger partial charge in [-0.3, -0.25) is 4.79 Å². The van der Waals surface area contributed by atoms with E-state index in [0.717, 1.165) is 11.1 Å². The zero-order valence-electron chi connectivity index (χ0n) is 16.2. The third-order valence-corrected chi connectivity index (χ3v) is 4.07. The molecule has 0 aliphatic heterocycles. The summed E-state index contributed by atoms with van der Waals surface area (Å²) < 4.78 is 41.9. The third-order valence-electron chi connectivity index (χ3n) is 4.07. The number of guanidine groups is 1. The Kier molecular flexibility index (Phi) is 8.48. The maximum Gasteiger partial charge on any atom is 0.573 e. The lowest BCUT2D eigenvalue weighted by Gasteiger charge is -2.10. The summed E-state index contributed by atoms with van der Waals surface area (Å²) in [7, 11) is 0. The van der Waals surface area contributed by atoms with E-state index in [9.17, 15) is 18.0 Å². The molecule has 0 spiro atoms. The van der Waals surface area contributed by atoms with Crippen molar-refractivity contribution in [2.75, 3.05) is 5.32 Å². The molecule has 6 nitrogen and oxygen atoms in total. The van der Waals surface area contributed by atoms with Crippen molar-refractivity contribution in [3.63, 3.8) is 0 Å². The van der Waals surface area contributed by atoms with Crippen LogP contribution in [0.2, 0.25) is 0 Å². The molecule has 0 saturated carbocycles. The number of nitrogens with one attached hydrogen (secondary N) is 1. The Morgan fingerprint density at radius 1 is 1.00 bits per heavy atom. The summed E-state index contributed by atoms with van der Waals surface area (Å²) >= 11 is 0. The van der Waals surface area contributed by atoms with Crippen LogP contribution in [0.4, 0.5) is 18.9 Å². The Hall–Kier alpha value is -3.02. The predicted molar refractivity (Wildman–Crippen MR) is 124 cm³/mol. The zero-order chi connectivity index (χ0) is 21.6. The van der Waals surface area contributed by atoms with Crippen molar-refractivity contribution in [3.8, 4) is 5.75 Å². The van der Waals surface area contributed by atoms with Crippen LogP contribution in [0.15, 0.2) is 82.7 Å². The Morgan fingerprint density at radius 3 is 2.26 bits per heavy atom. The molecule has 3 aromatic rings. The Labute approximate surface area is 193 Å². The number of rotatable bonds is 6. The molecular weight excluding hydrogens is 524 g/mol. The lowest BCUT2D eigenvalue weighted by atomic mass is 10.1. The highest BCUT2D eigenvalue weighted by molar-refractivity contribution is 14.0. The summed E-state index contributed by atoms with van der Waals surface area (Å²) in [6.07, 6.45) is -3.00. The minimum absolute atomic E-state index is 0. The van der Waals surface area contributed by atoms with Crippen LogP contribution in [0, 0.1) is 0 Å². The van der Waals surface area contributed by atoms with E-state index in [1.165, 1.54) is 30.3 Å². The third kappa shape index (κ3) is 7.96. The van der Waals surface area contributed by atoms with Crippen LogP contribution in [0.3, 0.4) is 0 Å². The van der Waals surface area contributed by atoms with Gasteiger partial charge in [0.15, 0.2) is 5.96 Å². The predicted octanol–water partition coefficient (Wildman–Crippen LogP) is 4.34. The standard InChI is InChI=1S/C21H19F3N4O2.HI/c22-21(23,24)30-18-10-8-17(9-11-18)27-20(25)26-13-15-4-6-16(7-5-15)14-28-12-2-1-3-19(28)29;/h1-12H,13-14H2,(H3,25,26,27);1H. The van der Waals surface area contributed by atoms with E-state index < -0.39 is 6.36 Å². The molecular formula is C21H20F3IN4O2. The first-order valence-electron chi connectivity index (χ1n) is 8.94. The van der Waals surface area contributed by atoms with Crippen LogP contribution in [0.25, 0.3) is 0 Å². The molecule has 0 aliphatic rings. The summed E-state index contributed by atoms with van der Waals surface area (Å²) in [6.45, 7) is 0.792. The Morgan fingerprint density at radius 2 is 1.65 bits per heavy atom. The molecule has 3 rings (SSSR count). The number of aromatic nitrogens is 1. The SMILES string of the molecule is I.NC(=NCc1ccc(Cn2ccccc2=O)cc1)Nc1ccc(OC(F)(F)F)cc1. The highest BCUT2D eigenvalue weighted by Gasteiger charge is 2.30. The van der Waals surface area contributed by atoms with Crippen molar-refractivity contribution in [1.82, 2.24) is 4.57 Å². The monoisotopic (exact) mass is 544 g/mol. The van der Waals surface area contributed by atoms with Gasteiger partial charge in [-0.1, -0.05) is 30.3 Å². The highest BCUT2D eigenvalue weighted by atomic mass is 127. The van der Waals surface area contributed by atoms with Crippen LogP contribution in [0.5, 0.6) is 5.75 Å². The molecule has 2 aromatic carbocycles. The largest absolute Gasteiger partial charge is 0.573 e. The van der Waals surface area contributed by atoms with Crippen LogP contribution in [-0.2, 0) is 13.1 Å². The number of nitrogens with zero attached hydrogens (tertiary/aromatic N) is 2. The summed E-state index contributed by atoms with van der Waals surface area (Å²) in [5.41, 5.74) is 8.14. The van der Waals surface area contributed by atoms with Crippen molar-refractivity contribution in [3.05, 3.63) is 94.4 Å². The Bertz CT molecular complexity index is 1070. The van der Waals surface area contributed by atoms with Gasteiger partial charge in [0.1, 0.15) is 5.75 Å². The fourth-order valence-corrected chi connectivity index (χ4v) is 2.64. The van der Waals surface area contributed by atoms with Gasteiger partial charge in [0.05, 0.1) is 13.1 Å². The van der Waals surface area contributed by atoms with Gasteiger partial charge >= 0.3 is 6.36 Å². The molecule has 0 amide bonds. The minimum atomic E-state index is -4.73. The molecule has 0 saturated heterocycles. The summed E-state index contributed by atoms with van der Waals surface area (Å²) in [4.78, 5) is 16.0. The number of nitrogens with two attached hydrogens (primary N) is 1. The molecule has 1 aromatic heterocycles. The van der Waals surface area contributed by atoms with Crippen molar-refractivity contribution >= 4 is 35.6 Å². The van der Waals surface area contributed by atoms with Gasteiger partial charge in [0, 0.05) is 18.0 Å². The molecule has 0 atom stereocenters. The van der Waals surface area contributed by atoms with Crippen LogP contribution in [0.1, 0.15) is 11.1 Å². The van der Waals surface area contributed by atoms with Gasteiger partial charge in [-0.15, -0.1) is 37.1 Å². The molecule has 164 valence electrons. The van der Waals surface area contributed by atoms with Gasteiger partial charge in [-0.25, -0.2) is 4.99 Å². The zero-order valence-corrected chi connectivity index (χ0v) is 18.5. The van der Waals surface area contributed by atoms with E-state index in [-0.39, 0.29) is 41.2 Å². The Balaban J connectivity index is 0.00000341. The van der Waals surface area contributed by atoms with E-state index in [2.05, 4.69) is 15.0 Å². The number of hydrogen-bond donors (Lipinski definition) is 2. The number of hydrogen-bond acceptors (Lipinski definition) is 3. The maximum atomic E-state index is 12.2. The number of halogens is 4. The summed E-state index contributed by atoms with van der Waals surface area (Å²) in [5, 5.41) is 2.81. The molecule has 0 unspecified atom stereocenters. The first-order valence-corrected chi connectivity index (χ1v) is 8.94. The van der Waals surface area contributed by atoms with Crippen LogP contribution >= 0.6 is 24.0 Å². The fraction of sp³-hybridized carbons (Fsp3) is 0.143. The lowest BCUT2D eigenvalue weighted by Crippen LogP contribution is -2.22. The highest BCUT2D eigenvalue weighted by Crippen LogP contribution is 2.23. The molecule has 3 N–H and O–H groups in total. The van der Waals surface area contributed by atoms with E-state index in [1.807, 2.05) is 24.3 Å². The molecule has 10 heteroatoms. The van der Waals surface area contributed by atoms with Crippen molar-refractivity contribution in [2.24, 2.45) is 10.7 Å². The average Bonchev–Trinajstić information content (AvgIpc) is 2.70. The van der Waals surface area contributed by atoms with Crippen molar-refractivity contribution in [1.29, 1.82) is 0 Å². The average molecular weight is 544 g/mol. The molecule has 0 bridgehead atoms. The molecule has 0 radical (unpaired) electrons. The molecule has 1 heterocycles. The van der Waals surface area contributed by atoms with E-state index in [0.29, 0.717) is 18.8 Å². The van der Waals surface area contributed by atoms with Gasteiger partial charge in [0.2, 0.25) is 0 Å². The first-order chi connectivity index (χ1) is 14.3. The topological polar surface area (TPSA) is 81.6 Å². The van der Waals surface area contributed by atoms with Crippen LogP contribution in [-0.4, -0.2) is 16.9 Å². The first kappa shape index (κ1) is 24.3. The summed E-state index contributed by atoms with van der Waals surface area (Å²) in [5.74, 6) is -0.194. The number of benzene rings is 2. The number of anilines is 1. The van der Waals surface area contributed by atoms with Crippen molar-refractivity contribution in [2.45, 2.75) is 19.5 Å². The smallest absolute Gasteiger partial charge is 0.406 e. The second kappa shape index (κ2) is 10.8. The van der Waals surface area contributed by atoms with Gasteiger partial charge < -0.3 is 20.4 Å². The lowest BCUT2D eigenvalue weighted by molar-refractivity contribution is -0.274. The van der Waals surface area contributed by atoms with Gasteiger partial charge in [0.25, 0.3) is 5.56 Å². The van der Waals surface area contributed by atoms with Crippen LogP contribution < -0.4 is 21.3 Å². The second-order valence-electron chi connectivity index (χ2n) is 6.38. The van der Waals surface area contributed by atoms with Gasteiger partial charge in [-0.2, -0.15) is 0 Å². The molecule has 0 fully saturated rings. The number of aliphatic imine (C=N–C) groups is 1. The number of alkyl halides is 3. The maximum absolute atomic E-state index is 12.2. The van der Waals surface area contributed by atoms with Gasteiger partial charge in [-0.05, 0) is 41.5 Å². The number of pyridine rings is 1. The van der Waals surface area contributed by atoms with E-state index in [4.69, 9.17) is 5.73 Å². The molecule has 31 heavy (non-hydrogen) atoms. The number of ether oxygens (including phenoxy) is 1. The normalized spacial score (nSPS) is 11.5.